The number of nitrogens with zero attached hydrogens (tertiary/aromatic N) is 2. The number of carbonyl (C=O) groups excluding carboxylic acids is 2. The predicted octanol–water partition coefficient (Wildman–Crippen LogP) is 3.41. The fourth-order valence-corrected chi connectivity index (χ4v) is 3.26. The average Bonchev–Trinajstić information content (AvgIpc) is 3.48. The molecular weight excluding hydrogens is 410 g/mol. The van der Waals surface area contributed by atoms with Crippen molar-refractivity contribution in [1.82, 2.24) is 25.8 Å². The lowest BCUT2D eigenvalue weighted by atomic mass is 10.1. The maximum atomic E-state index is 12.4. The first-order chi connectivity index (χ1) is 15.4. The van der Waals surface area contributed by atoms with Crippen LogP contribution in [0.25, 0.3) is 22.7 Å². The molecular formula is C23H29N5O4. The van der Waals surface area contributed by atoms with E-state index in [1.54, 1.807) is 13.2 Å². The Kier molecular flexibility index (Phi) is 7.77. The van der Waals surface area contributed by atoms with Crippen LogP contribution in [0.1, 0.15) is 54.7 Å². The second-order valence-electron chi connectivity index (χ2n) is 7.59. The lowest BCUT2D eigenvalue weighted by Gasteiger charge is -2.12. The Morgan fingerprint density at radius 3 is 2.59 bits per heavy atom. The highest BCUT2D eigenvalue weighted by Gasteiger charge is 2.18. The molecule has 0 radical (unpaired) electrons. The van der Waals surface area contributed by atoms with Gasteiger partial charge in [-0.05, 0) is 38.0 Å². The molecule has 0 aliphatic heterocycles. The molecule has 32 heavy (non-hydrogen) atoms. The molecule has 170 valence electrons. The van der Waals surface area contributed by atoms with Gasteiger partial charge in [-0.25, -0.2) is 4.98 Å². The van der Waals surface area contributed by atoms with Gasteiger partial charge in [-0.2, -0.15) is 5.10 Å². The zero-order valence-electron chi connectivity index (χ0n) is 18.8. The number of methoxy groups -OCH3 is 1. The summed E-state index contributed by atoms with van der Waals surface area (Å²) in [4.78, 5) is 29.0. The predicted molar refractivity (Wildman–Crippen MR) is 120 cm³/mol. The Labute approximate surface area is 187 Å². The Morgan fingerprint density at radius 1 is 1.12 bits per heavy atom. The Balaban J connectivity index is 1.74. The highest BCUT2D eigenvalue weighted by atomic mass is 16.5. The van der Waals surface area contributed by atoms with Gasteiger partial charge in [0.1, 0.15) is 0 Å². The van der Waals surface area contributed by atoms with Crippen LogP contribution in [-0.2, 0) is 4.74 Å². The van der Waals surface area contributed by atoms with Crippen molar-refractivity contribution in [1.29, 1.82) is 0 Å². The molecule has 9 nitrogen and oxygen atoms in total. The van der Waals surface area contributed by atoms with Gasteiger partial charge in [0.25, 0.3) is 11.8 Å². The number of rotatable bonds is 10. The van der Waals surface area contributed by atoms with Gasteiger partial charge >= 0.3 is 0 Å². The number of hydrogen-bond acceptors (Lipinski definition) is 6. The Morgan fingerprint density at radius 2 is 1.88 bits per heavy atom. The van der Waals surface area contributed by atoms with E-state index in [0.29, 0.717) is 23.8 Å². The van der Waals surface area contributed by atoms with Gasteiger partial charge < -0.3 is 19.8 Å². The molecule has 2 heterocycles. The van der Waals surface area contributed by atoms with Crippen molar-refractivity contribution in [3.63, 3.8) is 0 Å². The summed E-state index contributed by atoms with van der Waals surface area (Å²) >= 11 is 0. The number of oxazole rings is 1. The van der Waals surface area contributed by atoms with Gasteiger partial charge in [-0.15, -0.1) is 0 Å². The molecule has 0 saturated heterocycles. The third-order valence-corrected chi connectivity index (χ3v) is 5.08. The van der Waals surface area contributed by atoms with E-state index in [1.165, 1.54) is 6.20 Å². The summed E-state index contributed by atoms with van der Waals surface area (Å²) in [5.74, 6) is -0.0510. The van der Waals surface area contributed by atoms with Crippen molar-refractivity contribution < 1.29 is 18.7 Å². The highest BCUT2D eigenvalue weighted by Crippen LogP contribution is 2.25. The Bertz CT molecular complexity index is 1050. The molecule has 0 bridgehead atoms. The number of carbonyl (C=O) groups is 2. The lowest BCUT2D eigenvalue weighted by molar-refractivity contribution is 0.0896. The van der Waals surface area contributed by atoms with Crippen LogP contribution in [-0.4, -0.2) is 52.8 Å². The van der Waals surface area contributed by atoms with Gasteiger partial charge in [-0.3, -0.25) is 14.7 Å². The number of benzene rings is 1. The van der Waals surface area contributed by atoms with E-state index in [4.69, 9.17) is 9.15 Å². The first kappa shape index (κ1) is 23.2. The smallest absolute Gasteiger partial charge is 0.288 e. The van der Waals surface area contributed by atoms with Crippen LogP contribution in [0.15, 0.2) is 40.9 Å². The SMILES string of the molecule is CCC(CC)NC(=O)c1cnc(-c2cccc(-c3cc(C(=O)N[C@@H](C)COC)n[nH]3)c2)o1. The zero-order chi connectivity index (χ0) is 23.1. The molecule has 0 fully saturated rings. The van der Waals surface area contributed by atoms with Gasteiger partial charge in [0, 0.05) is 30.3 Å². The summed E-state index contributed by atoms with van der Waals surface area (Å²) < 4.78 is 10.7. The summed E-state index contributed by atoms with van der Waals surface area (Å²) in [5.41, 5.74) is 2.47. The minimum Gasteiger partial charge on any atom is -0.431 e. The van der Waals surface area contributed by atoms with Crippen LogP contribution in [0.5, 0.6) is 0 Å². The summed E-state index contributed by atoms with van der Waals surface area (Å²) in [5, 5.41) is 12.8. The van der Waals surface area contributed by atoms with E-state index in [0.717, 1.165) is 18.4 Å². The van der Waals surface area contributed by atoms with Gasteiger partial charge in [0.15, 0.2) is 5.69 Å². The van der Waals surface area contributed by atoms with E-state index in [1.807, 2.05) is 45.0 Å². The second-order valence-corrected chi connectivity index (χ2v) is 7.59. The summed E-state index contributed by atoms with van der Waals surface area (Å²) in [6, 6.07) is 9.08. The van der Waals surface area contributed by atoms with E-state index in [9.17, 15) is 9.59 Å². The van der Waals surface area contributed by atoms with Gasteiger partial charge in [-0.1, -0.05) is 26.0 Å². The number of aromatic amines is 1. The number of hydrogen-bond donors (Lipinski definition) is 3. The molecule has 0 aliphatic carbocycles. The standard InChI is InChI=1S/C23H29N5O4/c1-5-17(6-2)26-22(30)20-12-24-23(32-20)16-9-7-8-15(10-16)18-11-19(28-27-18)21(29)25-14(3)13-31-4/h7-12,14,17H,5-6,13H2,1-4H3,(H,25,29)(H,26,30)(H,27,28)/t14-/m0/s1. The van der Waals surface area contributed by atoms with E-state index in [-0.39, 0.29) is 35.4 Å². The average molecular weight is 440 g/mol. The lowest BCUT2D eigenvalue weighted by Crippen LogP contribution is -2.35. The van der Waals surface area contributed by atoms with E-state index in [2.05, 4.69) is 25.8 Å². The highest BCUT2D eigenvalue weighted by molar-refractivity contribution is 5.93. The summed E-state index contributed by atoms with van der Waals surface area (Å²) in [6.45, 7) is 6.32. The topological polar surface area (TPSA) is 122 Å². The van der Waals surface area contributed by atoms with Crippen molar-refractivity contribution in [3.05, 3.63) is 48.0 Å². The maximum absolute atomic E-state index is 12.4. The van der Waals surface area contributed by atoms with E-state index >= 15 is 0 Å². The van der Waals surface area contributed by atoms with Crippen molar-refractivity contribution in [2.45, 2.75) is 45.7 Å². The number of ether oxygens (including phenoxy) is 1. The van der Waals surface area contributed by atoms with Crippen molar-refractivity contribution >= 4 is 11.8 Å². The minimum atomic E-state index is -0.283. The molecule has 3 rings (SSSR count). The van der Waals surface area contributed by atoms with Crippen LogP contribution in [0, 0.1) is 0 Å². The zero-order valence-corrected chi connectivity index (χ0v) is 18.8. The maximum Gasteiger partial charge on any atom is 0.288 e. The first-order valence-electron chi connectivity index (χ1n) is 10.7. The van der Waals surface area contributed by atoms with Crippen molar-refractivity contribution in [2.24, 2.45) is 0 Å². The second kappa shape index (κ2) is 10.7. The van der Waals surface area contributed by atoms with Crippen molar-refractivity contribution in [3.8, 4) is 22.7 Å². The van der Waals surface area contributed by atoms with Gasteiger partial charge in [0.05, 0.1) is 18.5 Å². The molecule has 0 unspecified atom stereocenters. The van der Waals surface area contributed by atoms with Crippen LogP contribution >= 0.6 is 0 Å². The summed E-state index contributed by atoms with van der Waals surface area (Å²) in [6.07, 6.45) is 3.13. The normalized spacial score (nSPS) is 12.0. The Hall–Kier alpha value is -3.46. The fraction of sp³-hybridized carbons (Fsp3) is 0.391. The monoisotopic (exact) mass is 439 g/mol. The first-order valence-corrected chi connectivity index (χ1v) is 10.7. The molecule has 1 atom stereocenters. The molecule has 2 aromatic heterocycles. The molecule has 0 saturated carbocycles. The molecule has 3 aromatic rings. The molecule has 2 amide bonds. The third-order valence-electron chi connectivity index (χ3n) is 5.08. The van der Waals surface area contributed by atoms with Crippen LogP contribution in [0.2, 0.25) is 0 Å². The molecule has 0 spiro atoms. The summed E-state index contributed by atoms with van der Waals surface area (Å²) in [7, 11) is 1.58. The number of nitrogens with one attached hydrogen (secondary N) is 3. The molecule has 0 aliphatic rings. The number of H-pyrrole nitrogens is 1. The molecule has 1 aromatic carbocycles. The minimum absolute atomic E-state index is 0.101. The van der Waals surface area contributed by atoms with Crippen LogP contribution in [0.4, 0.5) is 0 Å². The third kappa shape index (κ3) is 5.61. The molecule has 9 heteroatoms. The molecule has 3 N–H and O–H groups in total. The van der Waals surface area contributed by atoms with Crippen LogP contribution < -0.4 is 10.6 Å². The number of amides is 2. The van der Waals surface area contributed by atoms with Crippen LogP contribution in [0.3, 0.4) is 0 Å². The fourth-order valence-electron chi connectivity index (χ4n) is 3.26. The van der Waals surface area contributed by atoms with Gasteiger partial charge in [0.2, 0.25) is 11.7 Å². The van der Waals surface area contributed by atoms with Crippen molar-refractivity contribution in [2.75, 3.05) is 13.7 Å². The number of aromatic nitrogens is 3. The quantitative estimate of drug-likeness (QED) is 0.445. The van der Waals surface area contributed by atoms with E-state index < -0.39 is 0 Å². The largest absolute Gasteiger partial charge is 0.431 e.